The van der Waals surface area contributed by atoms with Gasteiger partial charge in [0.05, 0.1) is 33.4 Å². The second-order valence-corrected chi connectivity index (χ2v) is 18.2. The van der Waals surface area contributed by atoms with E-state index in [2.05, 4.69) is 81.3 Å². The van der Waals surface area contributed by atoms with Crippen LogP contribution < -0.4 is 15.0 Å². The molecule has 1 aliphatic carbocycles. The first-order valence-electron chi connectivity index (χ1n) is 22.1. The SMILES string of the molecule is CCOC(=O)NC[C@]1(O)[C@H](OC(C)=O)[C@]2(CC)C=CCN3CC[C@@]4(c5cc([C@@]6(C(=O)OC)C[C@@H]7C=C(CC)CN(CCc8c6[nH]c6ccccc86)C7)c(OC)cc5N(C)[C@@H]14)[C@@H]32. The minimum Gasteiger partial charge on any atom is -0.496 e. The number of nitrogens with one attached hydrogen (secondary N) is 2. The Morgan fingerprint density at radius 2 is 1.85 bits per heavy atom. The molecule has 9 rings (SSSR count). The van der Waals surface area contributed by atoms with Gasteiger partial charge in [0.1, 0.15) is 22.9 Å². The lowest BCUT2D eigenvalue weighted by Crippen LogP contribution is -2.81. The molecule has 5 aliphatic heterocycles. The van der Waals surface area contributed by atoms with E-state index < -0.39 is 46.1 Å². The van der Waals surface area contributed by atoms with Crippen molar-refractivity contribution in [1.29, 1.82) is 0 Å². The molecule has 1 saturated carbocycles. The molecule has 2 aromatic carbocycles. The van der Waals surface area contributed by atoms with E-state index in [9.17, 15) is 14.7 Å². The van der Waals surface area contributed by atoms with Crippen LogP contribution in [-0.4, -0.2) is 129 Å². The largest absolute Gasteiger partial charge is 0.496 e. The maximum atomic E-state index is 15.4. The molecule has 0 radical (unpaired) electrons. The second kappa shape index (κ2) is 15.2. The number of aromatic nitrogens is 1. The van der Waals surface area contributed by atoms with Crippen molar-refractivity contribution in [1.82, 2.24) is 20.1 Å². The zero-order valence-corrected chi connectivity index (χ0v) is 36.6. The van der Waals surface area contributed by atoms with Crippen molar-refractivity contribution in [3.05, 3.63) is 82.6 Å². The third-order valence-electron chi connectivity index (χ3n) is 15.4. The summed E-state index contributed by atoms with van der Waals surface area (Å²) in [5, 5.41) is 17.6. The van der Waals surface area contributed by atoms with Crippen molar-refractivity contribution in [3.63, 3.8) is 0 Å². The van der Waals surface area contributed by atoms with Gasteiger partial charge >= 0.3 is 18.0 Å². The van der Waals surface area contributed by atoms with Gasteiger partial charge in [-0.05, 0) is 74.8 Å². The minimum absolute atomic E-state index is 0.0307. The van der Waals surface area contributed by atoms with Gasteiger partial charge in [-0.3, -0.25) is 19.4 Å². The summed E-state index contributed by atoms with van der Waals surface area (Å²) >= 11 is 0. The molecule has 1 aromatic heterocycles. The number of benzene rings is 2. The van der Waals surface area contributed by atoms with Crippen molar-refractivity contribution < 1.29 is 38.4 Å². The fraction of sp³-hybridized carbons (Fsp3) is 0.562. The summed E-state index contributed by atoms with van der Waals surface area (Å²) in [6.45, 7) is 11.3. The molecule has 61 heavy (non-hydrogen) atoms. The number of anilines is 1. The molecule has 6 aliphatic rings. The molecule has 1 unspecified atom stereocenters. The quantitative estimate of drug-likeness (QED) is 0.145. The molecule has 1 spiro atoms. The number of methoxy groups -OCH3 is 2. The average molecular weight is 836 g/mol. The highest BCUT2D eigenvalue weighted by Gasteiger charge is 2.78. The summed E-state index contributed by atoms with van der Waals surface area (Å²) in [6, 6.07) is 11.6. The number of carbonyl (C=O) groups excluding carboxylic acids is 3. The number of aromatic amines is 1. The lowest BCUT2D eigenvalue weighted by atomic mass is 9.47. The third-order valence-corrected chi connectivity index (χ3v) is 15.4. The average Bonchev–Trinajstić information content (AvgIpc) is 3.92. The summed E-state index contributed by atoms with van der Waals surface area (Å²) < 4.78 is 24.1. The van der Waals surface area contributed by atoms with Crippen LogP contribution in [0.1, 0.15) is 75.8 Å². The van der Waals surface area contributed by atoms with Crippen molar-refractivity contribution in [2.75, 3.05) is 72.0 Å². The van der Waals surface area contributed by atoms with Gasteiger partial charge in [0, 0.05) is 90.9 Å². The molecule has 3 N–H and O–H groups in total. The number of hydrogen-bond donors (Lipinski definition) is 3. The van der Waals surface area contributed by atoms with Crippen LogP contribution >= 0.6 is 0 Å². The number of ether oxygens (including phenoxy) is 4. The van der Waals surface area contributed by atoms with Crippen LogP contribution in [0.4, 0.5) is 10.5 Å². The number of nitrogens with zero attached hydrogens (tertiary/aromatic N) is 3. The monoisotopic (exact) mass is 835 g/mol. The van der Waals surface area contributed by atoms with Crippen LogP contribution in [0, 0.1) is 11.3 Å². The van der Waals surface area contributed by atoms with Gasteiger partial charge in [-0.2, -0.15) is 0 Å². The summed E-state index contributed by atoms with van der Waals surface area (Å²) in [6.07, 6.45) is 8.31. The van der Waals surface area contributed by atoms with E-state index >= 15 is 4.79 Å². The smallest absolute Gasteiger partial charge is 0.407 e. The Morgan fingerprint density at radius 1 is 1.05 bits per heavy atom. The Balaban J connectivity index is 1.34. The first-order valence-corrected chi connectivity index (χ1v) is 22.1. The number of esters is 2. The molecule has 3 aromatic rings. The zero-order chi connectivity index (χ0) is 43.1. The first-order chi connectivity index (χ1) is 29.4. The van der Waals surface area contributed by atoms with Crippen LogP contribution in [0.25, 0.3) is 10.9 Å². The number of aliphatic hydroxyl groups is 1. The molecular weight excluding hydrogens is 775 g/mol. The molecule has 2 bridgehead atoms. The fourth-order valence-electron chi connectivity index (χ4n) is 13.4. The molecule has 2 fully saturated rings. The van der Waals surface area contributed by atoms with E-state index in [4.69, 9.17) is 18.9 Å². The number of alkyl carbamates (subject to hydrolysis) is 1. The number of likely N-dealkylation sites (N-methyl/N-ethyl adjacent to an activating group) is 1. The number of hydrogen-bond acceptors (Lipinski definition) is 11. The van der Waals surface area contributed by atoms with Gasteiger partial charge in [0.25, 0.3) is 0 Å². The van der Waals surface area contributed by atoms with Gasteiger partial charge in [0.15, 0.2) is 0 Å². The predicted octanol–water partition coefficient (Wildman–Crippen LogP) is 5.37. The van der Waals surface area contributed by atoms with E-state index in [0.29, 0.717) is 37.1 Å². The summed E-state index contributed by atoms with van der Waals surface area (Å²) in [5.41, 5.74) is 2.05. The van der Waals surface area contributed by atoms with E-state index in [1.54, 1.807) is 14.0 Å². The van der Waals surface area contributed by atoms with E-state index in [0.717, 1.165) is 72.4 Å². The fourth-order valence-corrected chi connectivity index (χ4v) is 13.4. The van der Waals surface area contributed by atoms with Crippen molar-refractivity contribution in [2.24, 2.45) is 11.3 Å². The lowest BCUT2D eigenvalue weighted by Gasteiger charge is -2.64. The topological polar surface area (TPSA) is 146 Å². The summed E-state index contributed by atoms with van der Waals surface area (Å²) in [4.78, 5) is 52.5. The molecule has 13 heteroatoms. The minimum atomic E-state index is -1.81. The number of fused-ring (bicyclic) bond motifs is 6. The first kappa shape index (κ1) is 41.5. The van der Waals surface area contributed by atoms with Crippen LogP contribution in [0.2, 0.25) is 0 Å². The third kappa shape index (κ3) is 5.85. The Bertz CT molecular complexity index is 2320. The Morgan fingerprint density at radius 3 is 2.57 bits per heavy atom. The molecule has 1 saturated heterocycles. The maximum Gasteiger partial charge on any atom is 0.407 e. The highest BCUT2D eigenvalue weighted by molar-refractivity contribution is 5.94. The molecular formula is C48H61N5O8. The summed E-state index contributed by atoms with van der Waals surface area (Å²) in [5.74, 6) is -0.314. The highest BCUT2D eigenvalue weighted by atomic mass is 16.6. The summed E-state index contributed by atoms with van der Waals surface area (Å²) in [7, 11) is 5.10. The standard InChI is InChI=1S/C48H61N5O8/c1-8-30-22-31-25-47(43(55)59-7,39-33(16-20-52(26-30)27-31)32-14-11-12-15-36(32)50-39)35-23-34-37(24-38(35)58-6)51(5)41-46(34)18-21-53-19-13-17-45(9-2,40(46)53)42(61-29(4)54)48(41,57)28-49-44(56)60-10-3/h11-15,17,22-24,31,40-42,50,57H,8-10,16,18-21,25-28H2,1-7H3,(H,49,56)/t31-,40-,41+,42+,45+,46+,47-,48+/m0/s1. The number of H-pyrrole nitrogens is 1. The second-order valence-electron chi connectivity index (χ2n) is 18.2. The van der Waals surface area contributed by atoms with Crippen LogP contribution in [0.3, 0.4) is 0 Å². The normalized spacial score (nSPS) is 33.5. The van der Waals surface area contributed by atoms with Gasteiger partial charge in [-0.1, -0.05) is 55.8 Å². The van der Waals surface area contributed by atoms with Crippen LogP contribution in [0.15, 0.2) is 60.2 Å². The van der Waals surface area contributed by atoms with E-state index in [1.807, 2.05) is 19.2 Å². The zero-order valence-electron chi connectivity index (χ0n) is 36.6. The Kier molecular flexibility index (Phi) is 10.3. The van der Waals surface area contributed by atoms with Gasteiger partial charge in [0.2, 0.25) is 0 Å². The van der Waals surface area contributed by atoms with Crippen LogP contribution in [0.5, 0.6) is 5.75 Å². The number of rotatable bonds is 9. The lowest BCUT2D eigenvalue weighted by molar-refractivity contribution is -0.217. The number of amides is 1. The van der Waals surface area contributed by atoms with Crippen molar-refractivity contribution in [3.8, 4) is 5.75 Å². The molecule has 9 atom stereocenters. The van der Waals surface area contributed by atoms with Gasteiger partial charge in [-0.25, -0.2) is 4.79 Å². The van der Waals surface area contributed by atoms with Crippen LogP contribution in [-0.2, 0) is 41.1 Å². The van der Waals surface area contributed by atoms with Crippen molar-refractivity contribution >= 4 is 34.6 Å². The maximum absolute atomic E-state index is 15.4. The van der Waals surface area contributed by atoms with Gasteiger partial charge < -0.3 is 39.3 Å². The molecule has 13 nitrogen and oxygen atoms in total. The Labute approximate surface area is 358 Å². The van der Waals surface area contributed by atoms with E-state index in [-0.39, 0.29) is 31.1 Å². The van der Waals surface area contributed by atoms with Gasteiger partial charge in [-0.15, -0.1) is 0 Å². The number of carbonyl (C=O) groups is 3. The molecule has 6 heterocycles. The molecule has 326 valence electrons. The predicted molar refractivity (Wildman–Crippen MR) is 232 cm³/mol. The Hall–Kier alpha value is -4.85. The molecule has 1 amide bonds. The highest BCUT2D eigenvalue weighted by Crippen LogP contribution is 2.68. The number of para-hydroxylation sites is 1. The van der Waals surface area contributed by atoms with E-state index in [1.165, 1.54) is 19.6 Å². The van der Waals surface area contributed by atoms with Crippen molar-refractivity contribution in [2.45, 2.75) is 94.4 Å².